The molecule has 2 aromatic rings. The number of sulfonamides is 1. The van der Waals surface area contributed by atoms with Gasteiger partial charge in [-0.05, 0) is 31.0 Å². The van der Waals surface area contributed by atoms with Crippen molar-refractivity contribution in [2.75, 3.05) is 29.6 Å². The number of hydrogen-bond acceptors (Lipinski definition) is 5. The van der Waals surface area contributed by atoms with Gasteiger partial charge in [-0.25, -0.2) is 13.4 Å². The number of anilines is 2. The average molecular weight is 337 g/mol. The zero-order valence-electron chi connectivity index (χ0n) is 13.1. The average Bonchev–Trinajstić information content (AvgIpc) is 2.99. The summed E-state index contributed by atoms with van der Waals surface area (Å²) in [5, 5.41) is 2.99. The Bertz CT molecular complexity index is 812. The van der Waals surface area contributed by atoms with Crippen LogP contribution in [0.1, 0.15) is 12.5 Å². The van der Waals surface area contributed by atoms with Crippen molar-refractivity contribution in [2.45, 2.75) is 19.4 Å². The SMILES string of the molecule is CC1Cc2cc(-c3csc(N(C)C)n3)ccc2N1S(C)(=O)=O. The van der Waals surface area contributed by atoms with Crippen LogP contribution >= 0.6 is 11.3 Å². The van der Waals surface area contributed by atoms with Crippen LogP contribution in [0.2, 0.25) is 0 Å². The van der Waals surface area contributed by atoms with Crippen LogP contribution in [-0.4, -0.2) is 39.8 Å². The molecular weight excluding hydrogens is 318 g/mol. The topological polar surface area (TPSA) is 53.5 Å². The van der Waals surface area contributed by atoms with E-state index in [1.807, 2.05) is 43.4 Å². The third kappa shape index (κ3) is 2.59. The van der Waals surface area contributed by atoms with Crippen LogP contribution in [-0.2, 0) is 16.4 Å². The fraction of sp³-hybridized carbons (Fsp3) is 0.400. The van der Waals surface area contributed by atoms with Crippen molar-refractivity contribution in [3.8, 4) is 11.3 Å². The van der Waals surface area contributed by atoms with Crippen LogP contribution in [0, 0.1) is 0 Å². The van der Waals surface area contributed by atoms with Crippen LogP contribution < -0.4 is 9.21 Å². The molecule has 0 amide bonds. The van der Waals surface area contributed by atoms with Gasteiger partial charge in [0, 0.05) is 31.1 Å². The number of thiazole rings is 1. The van der Waals surface area contributed by atoms with Gasteiger partial charge in [0.15, 0.2) is 5.13 Å². The molecule has 1 aliphatic rings. The number of rotatable bonds is 3. The molecule has 3 rings (SSSR count). The maximum atomic E-state index is 11.9. The van der Waals surface area contributed by atoms with E-state index < -0.39 is 10.0 Å². The van der Waals surface area contributed by atoms with Crippen molar-refractivity contribution in [1.82, 2.24) is 4.98 Å². The molecule has 0 aliphatic carbocycles. The fourth-order valence-electron chi connectivity index (χ4n) is 2.87. The summed E-state index contributed by atoms with van der Waals surface area (Å²) in [6.45, 7) is 1.94. The first-order chi connectivity index (χ1) is 10.3. The van der Waals surface area contributed by atoms with E-state index in [1.165, 1.54) is 10.6 Å². The van der Waals surface area contributed by atoms with Gasteiger partial charge in [-0.2, -0.15) is 0 Å². The summed E-state index contributed by atoms with van der Waals surface area (Å²) >= 11 is 1.60. The number of fused-ring (bicyclic) bond motifs is 1. The van der Waals surface area contributed by atoms with Crippen molar-refractivity contribution in [2.24, 2.45) is 0 Å². The molecule has 1 aromatic heterocycles. The lowest BCUT2D eigenvalue weighted by Gasteiger charge is -2.21. The third-order valence-electron chi connectivity index (χ3n) is 3.76. The van der Waals surface area contributed by atoms with Crippen LogP contribution in [0.4, 0.5) is 10.8 Å². The molecule has 1 atom stereocenters. The fourth-order valence-corrected chi connectivity index (χ4v) is 4.90. The first kappa shape index (κ1) is 15.3. The molecule has 2 heterocycles. The van der Waals surface area contributed by atoms with Gasteiger partial charge in [0.05, 0.1) is 17.6 Å². The van der Waals surface area contributed by atoms with E-state index in [1.54, 1.807) is 11.3 Å². The molecule has 1 aliphatic heterocycles. The summed E-state index contributed by atoms with van der Waals surface area (Å²) in [4.78, 5) is 6.59. The second kappa shape index (κ2) is 5.24. The van der Waals surface area contributed by atoms with Crippen LogP contribution in [0.15, 0.2) is 23.6 Å². The zero-order valence-corrected chi connectivity index (χ0v) is 14.7. The van der Waals surface area contributed by atoms with Gasteiger partial charge in [0.1, 0.15) is 0 Å². The predicted octanol–water partition coefficient (Wildman–Crippen LogP) is 2.59. The second-order valence-corrected chi connectivity index (χ2v) is 8.56. The molecule has 0 radical (unpaired) electrons. The summed E-state index contributed by atoms with van der Waals surface area (Å²) in [5.74, 6) is 0. The zero-order chi connectivity index (χ0) is 16.1. The van der Waals surface area contributed by atoms with E-state index in [0.717, 1.165) is 34.1 Å². The Labute approximate surface area is 135 Å². The van der Waals surface area contributed by atoms with E-state index in [-0.39, 0.29) is 6.04 Å². The Morgan fingerprint density at radius 3 is 2.68 bits per heavy atom. The van der Waals surface area contributed by atoms with E-state index in [0.29, 0.717) is 0 Å². The predicted molar refractivity (Wildman–Crippen MR) is 92.4 cm³/mol. The molecule has 7 heteroatoms. The van der Waals surface area contributed by atoms with E-state index in [2.05, 4.69) is 11.1 Å². The maximum Gasteiger partial charge on any atom is 0.232 e. The Kier molecular flexibility index (Phi) is 3.65. The van der Waals surface area contributed by atoms with Crippen LogP contribution in [0.5, 0.6) is 0 Å². The van der Waals surface area contributed by atoms with Gasteiger partial charge in [0.2, 0.25) is 10.0 Å². The van der Waals surface area contributed by atoms with Gasteiger partial charge in [-0.1, -0.05) is 6.07 Å². The van der Waals surface area contributed by atoms with Crippen molar-refractivity contribution in [1.29, 1.82) is 0 Å². The minimum Gasteiger partial charge on any atom is -0.354 e. The van der Waals surface area contributed by atoms with Crippen molar-refractivity contribution >= 4 is 32.2 Å². The van der Waals surface area contributed by atoms with Gasteiger partial charge in [0.25, 0.3) is 0 Å². The molecule has 0 N–H and O–H groups in total. The van der Waals surface area contributed by atoms with Crippen molar-refractivity contribution in [3.05, 3.63) is 29.1 Å². The Hall–Kier alpha value is -1.60. The van der Waals surface area contributed by atoms with E-state index >= 15 is 0 Å². The molecular formula is C15H19N3O2S2. The first-order valence-electron chi connectivity index (χ1n) is 7.03. The highest BCUT2D eigenvalue weighted by molar-refractivity contribution is 7.92. The lowest BCUT2D eigenvalue weighted by molar-refractivity contribution is 0.590. The summed E-state index contributed by atoms with van der Waals surface area (Å²) in [5.41, 5.74) is 3.82. The standard InChI is InChI=1S/C15H19N3O2S2/c1-10-7-12-8-11(13-9-21-15(16-13)17(2)3)5-6-14(12)18(10)22(4,19)20/h5-6,8-10H,7H2,1-4H3. The molecule has 0 spiro atoms. The highest BCUT2D eigenvalue weighted by atomic mass is 32.2. The molecule has 1 unspecified atom stereocenters. The lowest BCUT2D eigenvalue weighted by Crippen LogP contribution is -2.34. The molecule has 22 heavy (non-hydrogen) atoms. The molecule has 0 bridgehead atoms. The number of benzene rings is 1. The molecule has 5 nitrogen and oxygen atoms in total. The molecule has 0 saturated carbocycles. The minimum atomic E-state index is -3.24. The lowest BCUT2D eigenvalue weighted by atomic mass is 10.1. The quantitative estimate of drug-likeness (QED) is 0.864. The second-order valence-electron chi connectivity index (χ2n) is 5.87. The summed E-state index contributed by atoms with van der Waals surface area (Å²) in [6.07, 6.45) is 2.00. The minimum absolute atomic E-state index is 0.0342. The largest absolute Gasteiger partial charge is 0.354 e. The first-order valence-corrected chi connectivity index (χ1v) is 9.75. The van der Waals surface area contributed by atoms with Gasteiger partial charge in [-0.3, -0.25) is 4.31 Å². The van der Waals surface area contributed by atoms with Gasteiger partial charge < -0.3 is 4.90 Å². The molecule has 0 saturated heterocycles. The highest BCUT2D eigenvalue weighted by Gasteiger charge is 2.32. The van der Waals surface area contributed by atoms with Crippen LogP contribution in [0.3, 0.4) is 0 Å². The molecule has 1 aromatic carbocycles. The molecule has 118 valence electrons. The number of hydrogen-bond donors (Lipinski definition) is 0. The summed E-state index contributed by atoms with van der Waals surface area (Å²) in [6, 6.07) is 5.87. The van der Waals surface area contributed by atoms with Gasteiger partial charge >= 0.3 is 0 Å². The van der Waals surface area contributed by atoms with Gasteiger partial charge in [-0.15, -0.1) is 11.3 Å². The Morgan fingerprint density at radius 1 is 1.36 bits per heavy atom. The van der Waals surface area contributed by atoms with Crippen LogP contribution in [0.25, 0.3) is 11.3 Å². The molecule has 0 fully saturated rings. The summed E-state index contributed by atoms with van der Waals surface area (Å²) in [7, 11) is 0.702. The normalized spacial score (nSPS) is 17.6. The van der Waals surface area contributed by atoms with Crippen molar-refractivity contribution in [3.63, 3.8) is 0 Å². The Balaban J connectivity index is 2.01. The summed E-state index contributed by atoms with van der Waals surface area (Å²) < 4.78 is 25.4. The van der Waals surface area contributed by atoms with Crippen molar-refractivity contribution < 1.29 is 8.42 Å². The smallest absolute Gasteiger partial charge is 0.232 e. The number of nitrogens with zero attached hydrogens (tertiary/aromatic N) is 3. The van der Waals surface area contributed by atoms with E-state index in [4.69, 9.17) is 0 Å². The Morgan fingerprint density at radius 2 is 2.09 bits per heavy atom. The highest BCUT2D eigenvalue weighted by Crippen LogP contribution is 2.37. The maximum absolute atomic E-state index is 11.9. The number of aromatic nitrogens is 1. The monoisotopic (exact) mass is 337 g/mol. The third-order valence-corrected chi connectivity index (χ3v) is 6.04. The van der Waals surface area contributed by atoms with E-state index in [9.17, 15) is 8.42 Å².